The highest BCUT2D eigenvalue weighted by Gasteiger charge is 2.20. The Kier molecular flexibility index (Phi) is 4.24. The number of hydrogen-bond donors (Lipinski definition) is 1. The van der Waals surface area contributed by atoms with Crippen molar-refractivity contribution in [1.82, 2.24) is 10.2 Å². The number of nitrogens with zero attached hydrogens (tertiary/aromatic N) is 2. The third-order valence-electron chi connectivity index (χ3n) is 3.07. The van der Waals surface area contributed by atoms with Crippen molar-refractivity contribution in [3.8, 4) is 22.1 Å². The van der Waals surface area contributed by atoms with Crippen LogP contribution in [0.4, 0.5) is 5.13 Å². The largest absolute Gasteiger partial charge is 0.496 e. The molecular weight excluding hydrogens is 318 g/mol. The first-order valence-electron chi connectivity index (χ1n) is 6.61. The highest BCUT2D eigenvalue weighted by Crippen LogP contribution is 2.31. The van der Waals surface area contributed by atoms with Crippen LogP contribution in [-0.4, -0.2) is 30.3 Å². The third kappa shape index (κ3) is 3.02. The van der Waals surface area contributed by atoms with E-state index in [1.807, 2.05) is 0 Å². The number of hydrogen-bond acceptors (Lipinski definition) is 7. The second-order valence-corrected chi connectivity index (χ2v) is 5.39. The van der Waals surface area contributed by atoms with E-state index in [1.165, 1.54) is 25.6 Å². The number of carbonyl (C=O) groups is 1. The molecule has 0 aliphatic heterocycles. The SMILES string of the molecule is COc1cccc(OC)c1C(=O)Nc1nnc(-c2ccoc2)s1. The zero-order valence-electron chi connectivity index (χ0n) is 12.4. The van der Waals surface area contributed by atoms with Gasteiger partial charge >= 0.3 is 0 Å². The number of furan rings is 1. The van der Waals surface area contributed by atoms with Crippen LogP contribution in [0.2, 0.25) is 0 Å². The second kappa shape index (κ2) is 6.49. The average Bonchev–Trinajstić information content (AvgIpc) is 3.25. The van der Waals surface area contributed by atoms with Gasteiger partial charge in [-0.3, -0.25) is 10.1 Å². The van der Waals surface area contributed by atoms with Crippen LogP contribution in [0.1, 0.15) is 10.4 Å². The molecule has 0 fully saturated rings. The summed E-state index contributed by atoms with van der Waals surface area (Å²) >= 11 is 1.24. The topological polar surface area (TPSA) is 86.5 Å². The lowest BCUT2D eigenvalue weighted by atomic mass is 10.1. The molecule has 0 radical (unpaired) electrons. The van der Waals surface area contributed by atoms with E-state index < -0.39 is 0 Å². The molecular formula is C15H13N3O4S. The van der Waals surface area contributed by atoms with Crippen molar-refractivity contribution in [2.75, 3.05) is 19.5 Å². The summed E-state index contributed by atoms with van der Waals surface area (Å²) in [6.45, 7) is 0. The van der Waals surface area contributed by atoms with Crippen LogP contribution in [0, 0.1) is 0 Å². The van der Waals surface area contributed by atoms with E-state index in [1.54, 1.807) is 36.8 Å². The minimum absolute atomic E-state index is 0.303. The lowest BCUT2D eigenvalue weighted by Crippen LogP contribution is -2.14. The molecule has 0 unspecified atom stereocenters. The molecule has 1 aromatic carbocycles. The van der Waals surface area contributed by atoms with E-state index in [0.717, 1.165) is 5.56 Å². The van der Waals surface area contributed by atoms with Crippen molar-refractivity contribution in [1.29, 1.82) is 0 Å². The zero-order chi connectivity index (χ0) is 16.2. The molecule has 0 saturated carbocycles. The van der Waals surface area contributed by atoms with E-state index >= 15 is 0 Å². The fourth-order valence-electron chi connectivity index (χ4n) is 2.01. The monoisotopic (exact) mass is 331 g/mol. The Labute approximate surface area is 135 Å². The normalized spacial score (nSPS) is 10.3. The Morgan fingerprint density at radius 3 is 2.52 bits per heavy atom. The molecule has 0 aliphatic carbocycles. The van der Waals surface area contributed by atoms with Gasteiger partial charge in [-0.15, -0.1) is 10.2 Å². The number of methoxy groups -OCH3 is 2. The Balaban J connectivity index is 1.85. The minimum atomic E-state index is -0.380. The summed E-state index contributed by atoms with van der Waals surface area (Å²) in [6, 6.07) is 6.90. The minimum Gasteiger partial charge on any atom is -0.496 e. The molecule has 8 heteroatoms. The number of nitrogens with one attached hydrogen (secondary N) is 1. The van der Waals surface area contributed by atoms with Crippen LogP contribution in [0.3, 0.4) is 0 Å². The average molecular weight is 331 g/mol. The molecule has 0 aliphatic rings. The lowest BCUT2D eigenvalue weighted by molar-refractivity contribution is 0.102. The number of anilines is 1. The summed E-state index contributed by atoms with van der Waals surface area (Å²) in [5, 5.41) is 11.7. The summed E-state index contributed by atoms with van der Waals surface area (Å²) in [4.78, 5) is 12.5. The van der Waals surface area contributed by atoms with Crippen LogP contribution >= 0.6 is 11.3 Å². The van der Waals surface area contributed by atoms with Crippen LogP contribution in [0.5, 0.6) is 11.5 Å². The molecule has 118 valence electrons. The van der Waals surface area contributed by atoms with Crippen molar-refractivity contribution in [2.24, 2.45) is 0 Å². The van der Waals surface area contributed by atoms with Gasteiger partial charge in [0.15, 0.2) is 5.01 Å². The van der Waals surface area contributed by atoms with Gasteiger partial charge < -0.3 is 13.9 Å². The fourth-order valence-corrected chi connectivity index (χ4v) is 2.74. The number of aromatic nitrogens is 2. The molecule has 0 atom stereocenters. The molecule has 3 rings (SSSR count). The van der Waals surface area contributed by atoms with Crippen molar-refractivity contribution in [3.63, 3.8) is 0 Å². The predicted octanol–water partition coefficient (Wildman–Crippen LogP) is 3.07. The standard InChI is InChI=1S/C15H13N3O4S/c1-20-10-4-3-5-11(21-2)12(10)13(19)16-15-18-17-14(23-15)9-6-7-22-8-9/h3-8H,1-2H3,(H,16,18,19). The number of ether oxygens (including phenoxy) is 2. The van der Waals surface area contributed by atoms with Crippen LogP contribution in [0.15, 0.2) is 41.2 Å². The maximum absolute atomic E-state index is 12.5. The Bertz CT molecular complexity index is 792. The molecule has 1 N–H and O–H groups in total. The van der Waals surface area contributed by atoms with Gasteiger partial charge in [-0.1, -0.05) is 17.4 Å². The molecule has 23 heavy (non-hydrogen) atoms. The molecule has 0 spiro atoms. The summed E-state index contributed by atoms with van der Waals surface area (Å²) in [7, 11) is 2.99. The van der Waals surface area contributed by atoms with E-state index in [2.05, 4.69) is 15.5 Å². The first kappa shape index (κ1) is 15.0. The van der Waals surface area contributed by atoms with E-state index in [9.17, 15) is 4.79 Å². The van der Waals surface area contributed by atoms with Gasteiger partial charge in [0.2, 0.25) is 5.13 Å². The quantitative estimate of drug-likeness (QED) is 0.773. The number of rotatable bonds is 5. The smallest absolute Gasteiger partial charge is 0.265 e. The predicted molar refractivity (Wildman–Crippen MR) is 85.1 cm³/mol. The molecule has 2 aromatic heterocycles. The van der Waals surface area contributed by atoms with Crippen LogP contribution < -0.4 is 14.8 Å². The molecule has 0 saturated heterocycles. The molecule has 3 aromatic rings. The zero-order valence-corrected chi connectivity index (χ0v) is 13.2. The van der Waals surface area contributed by atoms with Gasteiger partial charge in [-0.25, -0.2) is 0 Å². The third-order valence-corrected chi connectivity index (χ3v) is 3.96. The lowest BCUT2D eigenvalue weighted by Gasteiger charge is -2.11. The highest BCUT2D eigenvalue weighted by molar-refractivity contribution is 7.18. The van der Waals surface area contributed by atoms with Crippen LogP contribution in [0.25, 0.3) is 10.6 Å². The maximum atomic E-state index is 12.5. The van der Waals surface area contributed by atoms with Gasteiger partial charge in [0, 0.05) is 0 Å². The first-order chi connectivity index (χ1) is 11.2. The van der Waals surface area contributed by atoms with Gasteiger partial charge in [0.1, 0.15) is 23.3 Å². The number of carbonyl (C=O) groups excluding carboxylic acids is 1. The second-order valence-electron chi connectivity index (χ2n) is 4.42. The van der Waals surface area contributed by atoms with Gasteiger partial charge in [0.05, 0.1) is 26.0 Å². The van der Waals surface area contributed by atoms with Gasteiger partial charge in [0.25, 0.3) is 5.91 Å². The van der Waals surface area contributed by atoms with Gasteiger partial charge in [-0.05, 0) is 18.2 Å². The van der Waals surface area contributed by atoms with Crippen molar-refractivity contribution < 1.29 is 18.7 Å². The Morgan fingerprint density at radius 2 is 1.91 bits per heavy atom. The summed E-state index contributed by atoms with van der Waals surface area (Å²) in [6.07, 6.45) is 3.12. The van der Waals surface area contributed by atoms with Gasteiger partial charge in [-0.2, -0.15) is 0 Å². The van der Waals surface area contributed by atoms with E-state index in [0.29, 0.717) is 27.2 Å². The number of amides is 1. The van der Waals surface area contributed by atoms with Crippen molar-refractivity contribution in [2.45, 2.75) is 0 Å². The number of benzene rings is 1. The Morgan fingerprint density at radius 1 is 1.17 bits per heavy atom. The van der Waals surface area contributed by atoms with Crippen molar-refractivity contribution >= 4 is 22.4 Å². The van der Waals surface area contributed by atoms with E-state index in [-0.39, 0.29) is 5.91 Å². The van der Waals surface area contributed by atoms with E-state index in [4.69, 9.17) is 13.9 Å². The summed E-state index contributed by atoms with van der Waals surface area (Å²) in [5.41, 5.74) is 1.11. The molecule has 0 bridgehead atoms. The summed E-state index contributed by atoms with van der Waals surface area (Å²) in [5.74, 6) is 0.456. The molecule has 1 amide bonds. The summed E-state index contributed by atoms with van der Waals surface area (Å²) < 4.78 is 15.5. The highest BCUT2D eigenvalue weighted by atomic mass is 32.1. The molecule has 2 heterocycles. The van der Waals surface area contributed by atoms with Crippen LogP contribution in [-0.2, 0) is 0 Å². The molecule has 7 nitrogen and oxygen atoms in total. The first-order valence-corrected chi connectivity index (χ1v) is 7.43. The van der Waals surface area contributed by atoms with Crippen molar-refractivity contribution in [3.05, 3.63) is 42.4 Å². The fraction of sp³-hybridized carbons (Fsp3) is 0.133. The maximum Gasteiger partial charge on any atom is 0.265 e. The Hall–Kier alpha value is -2.87.